The number of morpholine rings is 1. The predicted molar refractivity (Wildman–Crippen MR) is 136 cm³/mol. The van der Waals surface area contributed by atoms with Gasteiger partial charge in [0.15, 0.2) is 0 Å². The van der Waals surface area contributed by atoms with Crippen LogP contribution in [0.4, 0.5) is 24.7 Å². The van der Waals surface area contributed by atoms with Gasteiger partial charge in [-0.2, -0.15) is 13.2 Å². The van der Waals surface area contributed by atoms with Crippen LogP contribution in [0.1, 0.15) is 30.2 Å². The highest BCUT2D eigenvalue weighted by molar-refractivity contribution is 5.93. The Morgan fingerprint density at radius 1 is 1.11 bits per heavy atom. The smallest absolute Gasteiger partial charge is 0.378 e. The molecule has 1 amide bonds. The fraction of sp³-hybridized carbons (Fsp3) is 0.556. The summed E-state index contributed by atoms with van der Waals surface area (Å²) in [5.74, 6) is -0.291. The Kier molecular flexibility index (Phi) is 8.18. The standard InChI is InChI=1S/C27H33F3N4O4/c1-17-2-3-20(32-26(35)18-4-5-31-24(13-18)27(28,29)30)15-21(17)19-12-22(23-16-37-10-11-38-23)33-25(14-19)34-6-8-36-9-7-34/h2-3,12,14-15,18,23-24,31H,4-11,13,16H2,1H3,(H,32,35). The highest BCUT2D eigenvalue weighted by atomic mass is 19.4. The first kappa shape index (κ1) is 26.9. The second kappa shape index (κ2) is 11.6. The fourth-order valence-electron chi connectivity index (χ4n) is 5.13. The van der Waals surface area contributed by atoms with Crippen LogP contribution in [0.15, 0.2) is 30.3 Å². The van der Waals surface area contributed by atoms with Crippen LogP contribution >= 0.6 is 0 Å². The molecule has 3 aliphatic heterocycles. The van der Waals surface area contributed by atoms with Gasteiger partial charge in [0.1, 0.15) is 18.0 Å². The third-order valence-corrected chi connectivity index (χ3v) is 7.30. The number of aromatic nitrogens is 1. The number of hydrogen-bond donors (Lipinski definition) is 2. The number of carbonyl (C=O) groups is 1. The van der Waals surface area contributed by atoms with Crippen LogP contribution in [0.5, 0.6) is 0 Å². The molecule has 8 nitrogen and oxygen atoms in total. The maximum Gasteiger partial charge on any atom is 0.403 e. The maximum atomic E-state index is 13.2. The van der Waals surface area contributed by atoms with E-state index < -0.39 is 24.0 Å². The van der Waals surface area contributed by atoms with E-state index in [4.69, 9.17) is 19.2 Å². The van der Waals surface area contributed by atoms with E-state index in [1.165, 1.54) is 0 Å². The van der Waals surface area contributed by atoms with E-state index in [0.29, 0.717) is 45.1 Å². The number of aryl methyl sites for hydroxylation is 1. The first-order valence-electron chi connectivity index (χ1n) is 13.0. The Morgan fingerprint density at radius 2 is 1.92 bits per heavy atom. The minimum Gasteiger partial charge on any atom is -0.378 e. The van der Waals surface area contributed by atoms with Crippen molar-refractivity contribution >= 4 is 17.4 Å². The predicted octanol–water partition coefficient (Wildman–Crippen LogP) is 3.85. The van der Waals surface area contributed by atoms with E-state index in [0.717, 1.165) is 41.3 Å². The number of nitrogens with zero attached hydrogens (tertiary/aromatic N) is 2. The zero-order valence-electron chi connectivity index (χ0n) is 21.4. The molecule has 0 aliphatic carbocycles. The lowest BCUT2D eigenvalue weighted by molar-refractivity contribution is -0.164. The minimum absolute atomic E-state index is 0.151. The number of rotatable bonds is 5. The number of hydrogen-bond acceptors (Lipinski definition) is 7. The number of carbonyl (C=O) groups excluding carboxylic acids is 1. The van der Waals surface area contributed by atoms with Crippen LogP contribution in [0, 0.1) is 12.8 Å². The van der Waals surface area contributed by atoms with Gasteiger partial charge in [-0.3, -0.25) is 4.79 Å². The molecule has 2 aromatic rings. The molecule has 0 saturated carbocycles. The van der Waals surface area contributed by atoms with Crippen LogP contribution in [0.25, 0.3) is 11.1 Å². The average Bonchev–Trinajstić information content (AvgIpc) is 2.94. The molecule has 0 bridgehead atoms. The Labute approximate surface area is 219 Å². The Hall–Kier alpha value is -2.73. The monoisotopic (exact) mass is 534 g/mol. The summed E-state index contributed by atoms with van der Waals surface area (Å²) in [7, 11) is 0. The number of amides is 1. The van der Waals surface area contributed by atoms with Gasteiger partial charge in [0.2, 0.25) is 5.91 Å². The summed E-state index contributed by atoms with van der Waals surface area (Å²) in [6, 6.07) is 7.89. The second-order valence-electron chi connectivity index (χ2n) is 9.96. The van der Waals surface area contributed by atoms with Crippen molar-refractivity contribution in [3.8, 4) is 11.1 Å². The zero-order chi connectivity index (χ0) is 26.7. The quantitative estimate of drug-likeness (QED) is 0.603. The lowest BCUT2D eigenvalue weighted by Crippen LogP contribution is -2.49. The summed E-state index contributed by atoms with van der Waals surface area (Å²) in [6.45, 7) is 6.29. The number of alkyl halides is 3. The van der Waals surface area contributed by atoms with Crippen molar-refractivity contribution in [2.75, 3.05) is 62.9 Å². The number of halogens is 3. The van der Waals surface area contributed by atoms with Crippen molar-refractivity contribution in [3.05, 3.63) is 41.6 Å². The molecule has 11 heteroatoms. The normalized spacial score (nSPS) is 24.7. The summed E-state index contributed by atoms with van der Waals surface area (Å²) < 4.78 is 56.7. The lowest BCUT2D eigenvalue weighted by atomic mass is 9.91. The number of benzene rings is 1. The molecular formula is C27H33F3N4O4. The van der Waals surface area contributed by atoms with E-state index in [-0.39, 0.29) is 19.1 Å². The number of piperidine rings is 1. The number of ether oxygens (including phenoxy) is 3. The topological polar surface area (TPSA) is 85.0 Å². The first-order valence-corrected chi connectivity index (χ1v) is 13.0. The summed E-state index contributed by atoms with van der Waals surface area (Å²) in [6.07, 6.45) is -4.57. The van der Waals surface area contributed by atoms with Gasteiger partial charge in [-0.1, -0.05) is 6.07 Å². The van der Waals surface area contributed by atoms with Crippen LogP contribution in [-0.4, -0.2) is 75.8 Å². The summed E-state index contributed by atoms with van der Waals surface area (Å²) >= 11 is 0. The summed E-state index contributed by atoms with van der Waals surface area (Å²) in [5, 5.41) is 5.32. The molecule has 3 unspecified atom stereocenters. The fourth-order valence-corrected chi connectivity index (χ4v) is 5.13. The van der Waals surface area contributed by atoms with Gasteiger partial charge in [0, 0.05) is 24.7 Å². The Bertz CT molecular complexity index is 1100. The van der Waals surface area contributed by atoms with Crippen molar-refractivity contribution in [2.24, 2.45) is 5.92 Å². The molecule has 0 radical (unpaired) electrons. The molecule has 2 N–H and O–H groups in total. The average molecular weight is 535 g/mol. The molecule has 0 spiro atoms. The van der Waals surface area contributed by atoms with Gasteiger partial charge in [0.25, 0.3) is 0 Å². The van der Waals surface area contributed by atoms with E-state index in [9.17, 15) is 18.0 Å². The number of pyridine rings is 1. The SMILES string of the molecule is Cc1ccc(NC(=O)C2CCNC(C(F)(F)F)C2)cc1-c1cc(C2COCCO2)nc(N2CCOCC2)c1. The minimum atomic E-state index is -4.37. The van der Waals surface area contributed by atoms with Gasteiger partial charge in [0.05, 0.1) is 38.7 Å². The van der Waals surface area contributed by atoms with Crippen molar-refractivity contribution in [2.45, 2.75) is 38.1 Å². The largest absolute Gasteiger partial charge is 0.403 e. The van der Waals surface area contributed by atoms with E-state index >= 15 is 0 Å². The van der Waals surface area contributed by atoms with Crippen LogP contribution in [0.2, 0.25) is 0 Å². The van der Waals surface area contributed by atoms with E-state index in [2.05, 4.69) is 15.5 Å². The van der Waals surface area contributed by atoms with Gasteiger partial charge < -0.3 is 29.7 Å². The van der Waals surface area contributed by atoms with Gasteiger partial charge >= 0.3 is 6.18 Å². The van der Waals surface area contributed by atoms with Crippen LogP contribution < -0.4 is 15.5 Å². The van der Waals surface area contributed by atoms with E-state index in [1.807, 2.05) is 31.2 Å². The zero-order valence-corrected chi connectivity index (χ0v) is 21.4. The number of nitrogens with one attached hydrogen (secondary N) is 2. The van der Waals surface area contributed by atoms with Crippen LogP contribution in [0.3, 0.4) is 0 Å². The Balaban J connectivity index is 1.41. The third kappa shape index (κ3) is 6.28. The molecule has 3 aliphatic rings. The third-order valence-electron chi connectivity index (χ3n) is 7.30. The summed E-state index contributed by atoms with van der Waals surface area (Å²) in [4.78, 5) is 20.0. The van der Waals surface area contributed by atoms with Crippen molar-refractivity contribution in [3.63, 3.8) is 0 Å². The molecule has 3 saturated heterocycles. The van der Waals surface area contributed by atoms with Gasteiger partial charge in [-0.05, 0) is 67.3 Å². The highest BCUT2D eigenvalue weighted by Gasteiger charge is 2.43. The molecule has 38 heavy (non-hydrogen) atoms. The second-order valence-corrected chi connectivity index (χ2v) is 9.96. The van der Waals surface area contributed by atoms with E-state index in [1.54, 1.807) is 6.07 Å². The molecule has 206 valence electrons. The first-order chi connectivity index (χ1) is 18.3. The molecule has 3 atom stereocenters. The molecular weight excluding hydrogens is 501 g/mol. The molecule has 4 heterocycles. The molecule has 1 aromatic carbocycles. The molecule has 5 rings (SSSR count). The number of anilines is 2. The highest BCUT2D eigenvalue weighted by Crippen LogP contribution is 2.34. The molecule has 3 fully saturated rings. The van der Waals surface area contributed by atoms with Crippen LogP contribution in [-0.2, 0) is 19.0 Å². The maximum absolute atomic E-state index is 13.2. The van der Waals surface area contributed by atoms with Crippen molar-refractivity contribution < 1.29 is 32.2 Å². The van der Waals surface area contributed by atoms with Crippen molar-refractivity contribution in [1.29, 1.82) is 0 Å². The van der Waals surface area contributed by atoms with Crippen molar-refractivity contribution in [1.82, 2.24) is 10.3 Å². The summed E-state index contributed by atoms with van der Waals surface area (Å²) in [5.41, 5.74) is 4.12. The van der Waals surface area contributed by atoms with Gasteiger partial charge in [-0.25, -0.2) is 4.98 Å². The lowest BCUT2D eigenvalue weighted by Gasteiger charge is -2.31. The molecule has 1 aromatic heterocycles. The van der Waals surface area contributed by atoms with Gasteiger partial charge in [-0.15, -0.1) is 0 Å². The Morgan fingerprint density at radius 3 is 2.66 bits per heavy atom.